The number of hydrogen-bond acceptors (Lipinski definition) is 0. The molecule has 0 aromatic rings. The molecule has 0 N–H and O–H groups in total. The summed E-state index contributed by atoms with van der Waals surface area (Å²) in [6.07, 6.45) is 8.27. The van der Waals surface area contributed by atoms with Crippen molar-refractivity contribution in [3.63, 3.8) is 0 Å². The van der Waals surface area contributed by atoms with Crippen LogP contribution in [0.3, 0.4) is 0 Å². The number of rotatable bonds is 1. The van der Waals surface area contributed by atoms with Crippen molar-refractivity contribution in [1.82, 2.24) is 0 Å². The molecule has 1 saturated carbocycles. The first-order valence-electron chi connectivity index (χ1n) is 8.36. The van der Waals surface area contributed by atoms with Gasteiger partial charge in [-0.05, 0) is 0 Å². The Bertz CT molecular complexity index is 869. The molecule has 0 amide bonds. The second kappa shape index (κ2) is 0.532. The standard InChI is InChI=1S/C11H15.C5H5.Fe/c1-2-6-10(7-3-1)11-8-4-5-9-11;1-2-4-5-3-1;/h4-5,8-10H,1-3,6-7H2;1-5H;. The fourth-order valence-electron chi connectivity index (χ4n) is 19.1. The van der Waals surface area contributed by atoms with Gasteiger partial charge in [-0.3, -0.25) is 0 Å². The minimum absolute atomic E-state index is 1.26. The molecule has 4 atom stereocenters. The van der Waals surface area contributed by atoms with Crippen molar-refractivity contribution < 1.29 is 6.51 Å². The minimum atomic E-state index is -2.66. The van der Waals surface area contributed by atoms with Crippen LogP contribution < -0.4 is 0 Å². The van der Waals surface area contributed by atoms with Crippen LogP contribution in [0.1, 0.15) is 32.1 Å². The van der Waals surface area contributed by atoms with Gasteiger partial charge in [0.2, 0.25) is 0 Å². The quantitative estimate of drug-likeness (QED) is 0.564. The number of fused-ring (bicyclic) bond motifs is 10. The van der Waals surface area contributed by atoms with Gasteiger partial charge in [0.05, 0.1) is 0 Å². The van der Waals surface area contributed by atoms with Gasteiger partial charge in [-0.2, -0.15) is 0 Å². The van der Waals surface area contributed by atoms with Crippen LogP contribution >= 0.6 is 0 Å². The van der Waals surface area contributed by atoms with Crippen molar-refractivity contribution in [2.24, 2.45) is 5.92 Å². The SMILES string of the molecule is C1CCC([C]23[CH]4[CH]5[CH]6[CH]2[Fe]56432789[CH]3[CH]2[CH]7[CH]8[CH]39)CC1. The molecule has 0 radical (unpaired) electrons. The Hall–Kier alpha value is 0.519. The van der Waals surface area contributed by atoms with Gasteiger partial charge in [0.25, 0.3) is 0 Å². The maximum absolute atomic E-state index is 2.66. The Labute approximate surface area is 92.2 Å². The summed E-state index contributed by atoms with van der Waals surface area (Å²) in [5.74, 6) is 1.34. The third-order valence-electron chi connectivity index (χ3n) is 17.0. The van der Waals surface area contributed by atoms with Gasteiger partial charge >= 0.3 is 92.2 Å². The van der Waals surface area contributed by atoms with Crippen molar-refractivity contribution in [3.8, 4) is 0 Å². The summed E-state index contributed by atoms with van der Waals surface area (Å²) < 4.78 is 1.26. The third-order valence-corrected chi connectivity index (χ3v) is 59.8. The van der Waals surface area contributed by atoms with E-state index in [9.17, 15) is 0 Å². The molecule has 0 bridgehead atoms. The van der Waals surface area contributed by atoms with Crippen LogP contribution in [0, 0.1) is 5.92 Å². The molecule has 11 fully saturated rings. The van der Waals surface area contributed by atoms with Gasteiger partial charge in [-0.1, -0.05) is 0 Å². The zero-order valence-electron chi connectivity index (χ0n) is 10.2. The van der Waals surface area contributed by atoms with Gasteiger partial charge in [-0.15, -0.1) is 0 Å². The van der Waals surface area contributed by atoms with E-state index in [2.05, 4.69) is 0 Å². The molecule has 1 heteroatoms. The first-order chi connectivity index (χ1) is 8.15. The zero-order valence-corrected chi connectivity index (χ0v) is 11.3. The first kappa shape index (κ1) is 6.31. The second-order valence-electron chi connectivity index (χ2n) is 12.1. The van der Waals surface area contributed by atoms with E-state index in [1.807, 2.05) is 0 Å². The van der Waals surface area contributed by atoms with Crippen LogP contribution in [0.4, 0.5) is 0 Å². The second-order valence-corrected chi connectivity index (χ2v) is 35.7. The number of hydrogen-bond donors (Lipinski definition) is 0. The van der Waals surface area contributed by atoms with Crippen molar-refractivity contribution in [2.75, 3.05) is 0 Å². The molecule has 0 nitrogen and oxygen atoms in total. The van der Waals surface area contributed by atoms with Crippen molar-refractivity contribution in [3.05, 3.63) is 0 Å². The predicted molar refractivity (Wildman–Crippen MR) is 63.0 cm³/mol. The normalized spacial score (nSPS) is 126. The van der Waals surface area contributed by atoms with Crippen LogP contribution in [0.2, 0.25) is 47.7 Å². The summed E-state index contributed by atoms with van der Waals surface area (Å²) in [6.45, 7) is -2.66. The van der Waals surface area contributed by atoms with Crippen LogP contribution in [-0.4, -0.2) is 0 Å². The fraction of sp³-hybridized carbons (Fsp3) is 1.00. The van der Waals surface area contributed by atoms with Crippen LogP contribution in [0.5, 0.6) is 0 Å². The van der Waals surface area contributed by atoms with E-state index >= 15 is 0 Å². The van der Waals surface area contributed by atoms with Crippen LogP contribution in [0.15, 0.2) is 0 Å². The van der Waals surface area contributed by atoms with E-state index < -0.39 is 6.51 Å². The van der Waals surface area contributed by atoms with Crippen LogP contribution in [-0.2, 0) is 6.51 Å². The van der Waals surface area contributed by atoms with E-state index in [0.29, 0.717) is 0 Å². The molecule has 11 rings (SSSR count). The fourth-order valence-corrected chi connectivity index (χ4v) is 94.8. The maximum atomic E-state index is 1.71. The van der Waals surface area contributed by atoms with Gasteiger partial charge in [0.1, 0.15) is 0 Å². The summed E-state index contributed by atoms with van der Waals surface area (Å²) in [5, 5.41) is 0. The molecule has 10 heterocycles. The van der Waals surface area contributed by atoms with Gasteiger partial charge in [-0.25, -0.2) is 0 Å². The topological polar surface area (TPSA) is 0 Å². The summed E-state index contributed by atoms with van der Waals surface area (Å²) >= 11 is 0. The van der Waals surface area contributed by atoms with E-state index in [0.717, 1.165) is 0 Å². The van der Waals surface area contributed by atoms with Crippen LogP contribution in [0.25, 0.3) is 0 Å². The summed E-state index contributed by atoms with van der Waals surface area (Å²) in [4.78, 5) is 14.2. The Morgan fingerprint density at radius 3 is 1.53 bits per heavy atom. The predicted octanol–water partition coefficient (Wildman–Crippen LogP) is 5.33. The molecule has 1 aliphatic carbocycles. The summed E-state index contributed by atoms with van der Waals surface area (Å²) in [7, 11) is 0. The van der Waals surface area contributed by atoms with E-state index in [1.165, 1.54) is 10.2 Å². The molecule has 0 aromatic carbocycles. The molecule has 0 aromatic heterocycles. The Balaban J connectivity index is 1.50. The molecular weight excluding hydrogens is 248 g/mol. The van der Waals surface area contributed by atoms with Gasteiger partial charge < -0.3 is 0 Å². The van der Waals surface area contributed by atoms with Crippen molar-refractivity contribution >= 4 is 0 Å². The van der Waals surface area contributed by atoms with Gasteiger partial charge in [0, 0.05) is 0 Å². The molecule has 10 saturated heterocycles. The van der Waals surface area contributed by atoms with Gasteiger partial charge in [0.15, 0.2) is 0 Å². The third kappa shape index (κ3) is 0.0673. The average Bonchev–Trinajstić information content (AvgIpc) is 3.32. The molecule has 4 unspecified atom stereocenters. The Kier molecular flexibility index (Phi) is 0.197. The van der Waals surface area contributed by atoms with Crippen molar-refractivity contribution in [1.29, 1.82) is 0 Å². The van der Waals surface area contributed by atoms with Crippen molar-refractivity contribution in [2.45, 2.75) is 79.8 Å². The van der Waals surface area contributed by atoms with E-state index in [-0.39, 0.29) is 0 Å². The Morgan fingerprint density at radius 2 is 1.18 bits per heavy atom. The first-order valence-corrected chi connectivity index (χ1v) is 14.7. The molecule has 1 spiro atoms. The van der Waals surface area contributed by atoms with E-state index in [1.54, 1.807) is 75.5 Å². The molecule has 10 aliphatic heterocycles. The summed E-state index contributed by atoms with van der Waals surface area (Å²) in [5.41, 5.74) is 0. The molecule has 17 heavy (non-hydrogen) atoms. The molecular formula is C16H20Fe. The monoisotopic (exact) mass is 268 g/mol. The molecule has 92 valence electrons. The summed E-state index contributed by atoms with van der Waals surface area (Å²) in [6, 6.07) is 0. The average molecular weight is 268 g/mol. The molecule has 11 aliphatic rings. The Morgan fingerprint density at radius 1 is 0.647 bits per heavy atom. The van der Waals surface area contributed by atoms with E-state index in [4.69, 9.17) is 0 Å². The zero-order chi connectivity index (χ0) is 10.1.